The highest BCUT2D eigenvalue weighted by molar-refractivity contribution is 6.30. The van der Waals surface area contributed by atoms with E-state index in [1.165, 1.54) is 27.8 Å². The monoisotopic (exact) mass is 358 g/mol. The molecule has 0 saturated carbocycles. The van der Waals surface area contributed by atoms with Gasteiger partial charge in [-0.2, -0.15) is 0 Å². The lowest BCUT2D eigenvalue weighted by Crippen LogP contribution is -2.39. The third-order valence-electron chi connectivity index (χ3n) is 3.80. The Morgan fingerprint density at radius 3 is 2.84 bits per heavy atom. The van der Waals surface area contributed by atoms with Gasteiger partial charge >= 0.3 is 0 Å². The first-order valence-electron chi connectivity index (χ1n) is 7.57. The van der Waals surface area contributed by atoms with E-state index in [2.05, 4.69) is 6.58 Å². The van der Waals surface area contributed by atoms with Crippen LogP contribution >= 0.6 is 11.6 Å². The maximum absolute atomic E-state index is 12.5. The highest BCUT2D eigenvalue weighted by atomic mass is 35.5. The van der Waals surface area contributed by atoms with Crippen molar-refractivity contribution in [3.8, 4) is 5.75 Å². The molecule has 1 aromatic heterocycles. The van der Waals surface area contributed by atoms with Crippen LogP contribution in [0.25, 0.3) is 0 Å². The van der Waals surface area contributed by atoms with E-state index in [0.29, 0.717) is 28.6 Å². The van der Waals surface area contributed by atoms with E-state index in [1.54, 1.807) is 24.3 Å². The summed E-state index contributed by atoms with van der Waals surface area (Å²) in [7, 11) is 0. The minimum Gasteiger partial charge on any atom is -0.482 e. The molecule has 0 bridgehead atoms. The van der Waals surface area contributed by atoms with Crippen LogP contribution in [0.15, 0.2) is 54.0 Å². The van der Waals surface area contributed by atoms with Crippen LogP contribution in [0.2, 0.25) is 5.02 Å². The van der Waals surface area contributed by atoms with Gasteiger partial charge in [-0.05, 0) is 24.3 Å². The lowest BCUT2D eigenvalue weighted by atomic mass is 10.1. The van der Waals surface area contributed by atoms with Crippen LogP contribution in [0.5, 0.6) is 5.75 Å². The maximum atomic E-state index is 12.5. The summed E-state index contributed by atoms with van der Waals surface area (Å²) >= 11 is 5.87. The number of carbonyl (C=O) groups is 2. The predicted octanol–water partition coefficient (Wildman–Crippen LogP) is 2.30. The zero-order chi connectivity index (χ0) is 18.0. The molecule has 6 nitrogen and oxygen atoms in total. The average molecular weight is 359 g/mol. The summed E-state index contributed by atoms with van der Waals surface area (Å²) in [4.78, 5) is 37.9. The van der Waals surface area contributed by atoms with Gasteiger partial charge in [0.15, 0.2) is 12.4 Å². The lowest BCUT2D eigenvalue weighted by Gasteiger charge is -2.28. The fourth-order valence-corrected chi connectivity index (χ4v) is 2.76. The Bertz CT molecular complexity index is 920. The summed E-state index contributed by atoms with van der Waals surface area (Å²) in [5, 5.41) is 0.369. The molecule has 2 aromatic rings. The Balaban J connectivity index is 1.92. The number of amides is 1. The van der Waals surface area contributed by atoms with Crippen LogP contribution in [0, 0.1) is 0 Å². The Morgan fingerprint density at radius 1 is 1.28 bits per heavy atom. The molecule has 0 atom stereocenters. The fourth-order valence-electron chi connectivity index (χ4n) is 2.58. The second-order valence-corrected chi connectivity index (χ2v) is 5.94. The largest absolute Gasteiger partial charge is 0.482 e. The van der Waals surface area contributed by atoms with E-state index in [9.17, 15) is 14.4 Å². The molecule has 0 radical (unpaired) electrons. The van der Waals surface area contributed by atoms with Crippen molar-refractivity contribution in [3.63, 3.8) is 0 Å². The summed E-state index contributed by atoms with van der Waals surface area (Å²) in [5.74, 6) is 0.0460. The first-order valence-corrected chi connectivity index (χ1v) is 7.94. The van der Waals surface area contributed by atoms with E-state index >= 15 is 0 Å². The van der Waals surface area contributed by atoms with Gasteiger partial charge < -0.3 is 14.2 Å². The molecule has 1 aromatic carbocycles. The third-order valence-corrected chi connectivity index (χ3v) is 4.02. The van der Waals surface area contributed by atoms with Crippen molar-refractivity contribution in [2.24, 2.45) is 0 Å². The van der Waals surface area contributed by atoms with Crippen LogP contribution in [0.3, 0.4) is 0 Å². The molecule has 0 aliphatic carbocycles. The fraction of sp³-hybridized carbons (Fsp3) is 0.167. The number of Topliss-reactive ketones (excluding diaryl/α,β-unsaturated/α-hetero) is 1. The highest BCUT2D eigenvalue weighted by Gasteiger charge is 2.25. The Labute approximate surface area is 148 Å². The van der Waals surface area contributed by atoms with Crippen molar-refractivity contribution >= 4 is 29.0 Å². The molecule has 7 heteroatoms. The molecule has 0 saturated heterocycles. The zero-order valence-corrected chi connectivity index (χ0v) is 14.0. The van der Waals surface area contributed by atoms with Crippen molar-refractivity contribution in [3.05, 3.63) is 70.1 Å². The molecule has 0 unspecified atom stereocenters. The van der Waals surface area contributed by atoms with Gasteiger partial charge in [-0.25, -0.2) is 0 Å². The van der Waals surface area contributed by atoms with Gasteiger partial charge in [0.05, 0.1) is 17.3 Å². The number of aromatic nitrogens is 1. The van der Waals surface area contributed by atoms with E-state index in [1.807, 2.05) is 0 Å². The minimum absolute atomic E-state index is 0.0496. The number of carbonyl (C=O) groups excluding carboxylic acids is 2. The summed E-state index contributed by atoms with van der Waals surface area (Å²) < 4.78 is 6.63. The number of benzene rings is 1. The maximum Gasteiger partial charge on any atom is 0.265 e. The molecule has 0 fully saturated rings. The number of hydrogen-bond acceptors (Lipinski definition) is 4. The molecule has 1 amide bonds. The third kappa shape index (κ3) is 3.49. The second-order valence-electron chi connectivity index (χ2n) is 5.50. The first-order chi connectivity index (χ1) is 12.0. The van der Waals surface area contributed by atoms with Gasteiger partial charge in [-0.3, -0.25) is 14.4 Å². The molecule has 3 rings (SSSR count). The number of rotatable bonds is 5. The molecule has 1 aliphatic heterocycles. The SMILES string of the molecule is C=CCN1C(=O)COc2ccc(C(=O)Cn3cc(Cl)ccc3=O)cc21. The lowest BCUT2D eigenvalue weighted by molar-refractivity contribution is -0.121. The van der Waals surface area contributed by atoms with Gasteiger partial charge in [0.2, 0.25) is 0 Å². The van der Waals surface area contributed by atoms with Gasteiger partial charge in [-0.15, -0.1) is 6.58 Å². The molecule has 1 aliphatic rings. The number of halogens is 1. The number of ketones is 1. The van der Waals surface area contributed by atoms with Crippen LogP contribution < -0.4 is 15.2 Å². The van der Waals surface area contributed by atoms with Crippen LogP contribution in [-0.4, -0.2) is 29.4 Å². The number of hydrogen-bond donors (Lipinski definition) is 0. The topological polar surface area (TPSA) is 68.6 Å². The molecule has 25 heavy (non-hydrogen) atoms. The van der Waals surface area contributed by atoms with Gasteiger partial charge in [0.25, 0.3) is 11.5 Å². The molecule has 0 N–H and O–H groups in total. The predicted molar refractivity (Wildman–Crippen MR) is 94.5 cm³/mol. The molecule has 128 valence electrons. The first kappa shape index (κ1) is 17.0. The summed E-state index contributed by atoms with van der Waals surface area (Å²) in [6.45, 7) is 3.77. The smallest absolute Gasteiger partial charge is 0.265 e. The van der Waals surface area contributed by atoms with Crippen LogP contribution in [0.4, 0.5) is 5.69 Å². The number of anilines is 1. The minimum atomic E-state index is -0.317. The molecular weight excluding hydrogens is 344 g/mol. The number of pyridine rings is 1. The summed E-state index contributed by atoms with van der Waals surface area (Å²) in [6.07, 6.45) is 3.02. The average Bonchev–Trinajstić information content (AvgIpc) is 2.60. The molecule has 0 spiro atoms. The Morgan fingerprint density at radius 2 is 2.08 bits per heavy atom. The summed E-state index contributed by atoms with van der Waals surface area (Å²) in [6, 6.07) is 7.62. The van der Waals surface area contributed by atoms with E-state index in [-0.39, 0.29) is 30.4 Å². The van der Waals surface area contributed by atoms with Gasteiger partial charge in [-0.1, -0.05) is 17.7 Å². The van der Waals surface area contributed by atoms with Gasteiger partial charge in [0.1, 0.15) is 5.75 Å². The number of nitrogens with zero attached hydrogens (tertiary/aromatic N) is 2. The van der Waals surface area contributed by atoms with Crippen LogP contribution in [0.1, 0.15) is 10.4 Å². The van der Waals surface area contributed by atoms with Crippen molar-refractivity contribution in [2.45, 2.75) is 6.54 Å². The summed E-state index contributed by atoms with van der Waals surface area (Å²) in [5.41, 5.74) is 0.570. The standard InChI is InChI=1S/C18H15ClN2O4/c1-2-7-21-14-8-12(3-5-16(14)25-11-18(21)24)15(22)10-20-9-13(19)4-6-17(20)23/h2-6,8-9H,1,7,10-11H2. The van der Waals surface area contributed by atoms with Crippen LogP contribution in [-0.2, 0) is 11.3 Å². The second kappa shape index (κ2) is 6.94. The van der Waals surface area contributed by atoms with E-state index in [4.69, 9.17) is 16.3 Å². The zero-order valence-electron chi connectivity index (χ0n) is 13.3. The number of fused-ring (bicyclic) bond motifs is 1. The molecule has 2 heterocycles. The van der Waals surface area contributed by atoms with Gasteiger partial charge in [0, 0.05) is 24.4 Å². The normalized spacial score (nSPS) is 13.2. The van der Waals surface area contributed by atoms with Crippen molar-refractivity contribution in [1.82, 2.24) is 4.57 Å². The van der Waals surface area contributed by atoms with E-state index < -0.39 is 0 Å². The number of ether oxygens (including phenoxy) is 1. The van der Waals surface area contributed by atoms with Crippen molar-refractivity contribution in [2.75, 3.05) is 18.1 Å². The molecular formula is C18H15ClN2O4. The van der Waals surface area contributed by atoms with E-state index in [0.717, 1.165) is 0 Å². The Hall–Kier alpha value is -2.86. The Kier molecular flexibility index (Phi) is 4.72. The van der Waals surface area contributed by atoms with Crippen molar-refractivity contribution < 1.29 is 14.3 Å². The highest BCUT2D eigenvalue weighted by Crippen LogP contribution is 2.33. The van der Waals surface area contributed by atoms with Crippen molar-refractivity contribution in [1.29, 1.82) is 0 Å². The quantitative estimate of drug-likeness (QED) is 0.607.